The smallest absolute Gasteiger partial charge is 0.0979 e. The summed E-state index contributed by atoms with van der Waals surface area (Å²) >= 11 is 5.16. The number of benzene rings is 2. The van der Waals surface area contributed by atoms with E-state index in [1.807, 2.05) is 18.2 Å². The third kappa shape index (κ3) is 3.40. The van der Waals surface area contributed by atoms with Crippen LogP contribution in [0.1, 0.15) is 15.4 Å². The Balaban J connectivity index is 1.91. The van der Waals surface area contributed by atoms with E-state index in [1.54, 1.807) is 11.3 Å². The monoisotopic (exact) mass is 358 g/mol. The van der Waals surface area contributed by atoms with Crippen LogP contribution in [0.2, 0.25) is 0 Å². The number of hydrogen-bond donors (Lipinski definition) is 1. The van der Waals surface area contributed by atoms with Crippen molar-refractivity contribution in [1.29, 1.82) is 0 Å². The van der Waals surface area contributed by atoms with Gasteiger partial charge in [0.1, 0.15) is 0 Å². The van der Waals surface area contributed by atoms with Gasteiger partial charge in [0.05, 0.1) is 10.7 Å². The van der Waals surface area contributed by atoms with E-state index >= 15 is 0 Å². The van der Waals surface area contributed by atoms with E-state index in [0.29, 0.717) is 6.54 Å². The summed E-state index contributed by atoms with van der Waals surface area (Å²) in [7, 11) is 0. The Kier molecular flexibility index (Phi) is 4.48. The van der Waals surface area contributed by atoms with E-state index in [9.17, 15) is 0 Å². The molecular formula is C17H15BrN2S. The number of thiazole rings is 1. The molecule has 0 unspecified atom stereocenters. The minimum Gasteiger partial charge on any atom is -0.326 e. The van der Waals surface area contributed by atoms with Gasteiger partial charge >= 0.3 is 0 Å². The third-order valence-corrected chi connectivity index (χ3v) is 4.85. The van der Waals surface area contributed by atoms with Crippen molar-refractivity contribution in [3.8, 4) is 11.3 Å². The van der Waals surface area contributed by atoms with Gasteiger partial charge in [-0.25, -0.2) is 4.98 Å². The maximum absolute atomic E-state index is 5.88. The van der Waals surface area contributed by atoms with Crippen LogP contribution in [-0.4, -0.2) is 4.98 Å². The van der Waals surface area contributed by atoms with E-state index in [4.69, 9.17) is 10.7 Å². The van der Waals surface area contributed by atoms with Gasteiger partial charge < -0.3 is 5.73 Å². The number of rotatable bonds is 4. The van der Waals surface area contributed by atoms with Crippen LogP contribution in [0.15, 0.2) is 59.1 Å². The zero-order valence-corrected chi connectivity index (χ0v) is 13.8. The van der Waals surface area contributed by atoms with Crippen LogP contribution in [0, 0.1) is 0 Å². The van der Waals surface area contributed by atoms with E-state index in [2.05, 4.69) is 52.3 Å². The molecule has 0 bridgehead atoms. The molecule has 1 aromatic heterocycles. The van der Waals surface area contributed by atoms with Crippen LogP contribution < -0.4 is 5.73 Å². The normalized spacial score (nSPS) is 10.8. The molecule has 0 aliphatic carbocycles. The maximum atomic E-state index is 5.88. The van der Waals surface area contributed by atoms with Crippen molar-refractivity contribution in [3.63, 3.8) is 0 Å². The van der Waals surface area contributed by atoms with Gasteiger partial charge in [0, 0.05) is 27.9 Å². The highest BCUT2D eigenvalue weighted by Crippen LogP contribution is 2.29. The fraction of sp³-hybridized carbons (Fsp3) is 0.118. The lowest BCUT2D eigenvalue weighted by Gasteiger charge is -1.99. The Morgan fingerprint density at radius 2 is 1.71 bits per heavy atom. The van der Waals surface area contributed by atoms with Crippen molar-refractivity contribution in [2.24, 2.45) is 5.73 Å². The van der Waals surface area contributed by atoms with Gasteiger partial charge in [-0.15, -0.1) is 11.3 Å². The molecule has 0 aliphatic heterocycles. The largest absolute Gasteiger partial charge is 0.326 e. The summed E-state index contributed by atoms with van der Waals surface area (Å²) in [6, 6.07) is 18.6. The lowest BCUT2D eigenvalue weighted by molar-refractivity contribution is 1.09. The highest BCUT2D eigenvalue weighted by molar-refractivity contribution is 9.10. The first-order valence-electron chi connectivity index (χ1n) is 6.75. The van der Waals surface area contributed by atoms with Gasteiger partial charge in [0.15, 0.2) is 0 Å². The van der Waals surface area contributed by atoms with Gasteiger partial charge in [-0.2, -0.15) is 0 Å². The maximum Gasteiger partial charge on any atom is 0.0979 e. The second-order valence-electron chi connectivity index (χ2n) is 4.75. The van der Waals surface area contributed by atoms with E-state index < -0.39 is 0 Å². The van der Waals surface area contributed by atoms with Gasteiger partial charge in [0.25, 0.3) is 0 Å². The minimum atomic E-state index is 0.530. The van der Waals surface area contributed by atoms with Crippen molar-refractivity contribution in [2.75, 3.05) is 0 Å². The summed E-state index contributed by atoms with van der Waals surface area (Å²) in [6.45, 7) is 0.530. The summed E-state index contributed by atoms with van der Waals surface area (Å²) in [4.78, 5) is 5.94. The predicted molar refractivity (Wildman–Crippen MR) is 92.4 cm³/mol. The first kappa shape index (κ1) is 14.4. The van der Waals surface area contributed by atoms with Gasteiger partial charge in [0.2, 0.25) is 0 Å². The van der Waals surface area contributed by atoms with Crippen LogP contribution in [0.4, 0.5) is 0 Å². The molecule has 3 rings (SSSR count). The molecule has 21 heavy (non-hydrogen) atoms. The summed E-state index contributed by atoms with van der Waals surface area (Å²) < 4.78 is 1.10. The van der Waals surface area contributed by atoms with Crippen molar-refractivity contribution in [2.45, 2.75) is 13.0 Å². The first-order chi connectivity index (χ1) is 10.3. The SMILES string of the molecule is NCc1sc(Cc2ccc(Br)cc2)nc1-c1ccccc1. The number of halogens is 1. The lowest BCUT2D eigenvalue weighted by atomic mass is 10.1. The predicted octanol–water partition coefficient (Wildman–Crippen LogP) is 4.62. The average molecular weight is 359 g/mol. The molecule has 2 N–H and O–H groups in total. The quantitative estimate of drug-likeness (QED) is 0.738. The van der Waals surface area contributed by atoms with Crippen LogP contribution in [0.25, 0.3) is 11.3 Å². The molecule has 0 aliphatic rings. The molecule has 4 heteroatoms. The Morgan fingerprint density at radius 3 is 2.38 bits per heavy atom. The summed E-state index contributed by atoms with van der Waals surface area (Å²) in [5, 5.41) is 1.11. The molecule has 0 atom stereocenters. The average Bonchev–Trinajstić information content (AvgIpc) is 2.93. The van der Waals surface area contributed by atoms with E-state index in [-0.39, 0.29) is 0 Å². The Hall–Kier alpha value is -1.49. The second-order valence-corrected chi connectivity index (χ2v) is 6.84. The standard InChI is InChI=1S/C17H15BrN2S/c18-14-8-6-12(7-9-14)10-16-20-17(15(11-19)21-16)13-4-2-1-3-5-13/h1-9H,10-11,19H2. The Morgan fingerprint density at radius 1 is 1.00 bits per heavy atom. The molecule has 3 aromatic rings. The fourth-order valence-electron chi connectivity index (χ4n) is 2.21. The lowest BCUT2D eigenvalue weighted by Crippen LogP contribution is -1.95. The molecule has 2 nitrogen and oxygen atoms in total. The summed E-state index contributed by atoms with van der Waals surface area (Å²) in [5.74, 6) is 0. The number of nitrogens with two attached hydrogens (primary N) is 1. The third-order valence-electron chi connectivity index (χ3n) is 3.24. The van der Waals surface area contributed by atoms with Crippen molar-refractivity contribution in [1.82, 2.24) is 4.98 Å². The summed E-state index contributed by atoms with van der Waals surface area (Å²) in [6.07, 6.45) is 0.845. The molecule has 0 fully saturated rings. The van der Waals surface area contributed by atoms with E-state index in [0.717, 1.165) is 32.0 Å². The number of hydrogen-bond acceptors (Lipinski definition) is 3. The zero-order valence-electron chi connectivity index (χ0n) is 11.4. The molecule has 0 saturated carbocycles. The van der Waals surface area contributed by atoms with Crippen LogP contribution in [0.5, 0.6) is 0 Å². The van der Waals surface area contributed by atoms with Crippen molar-refractivity contribution >= 4 is 27.3 Å². The number of aromatic nitrogens is 1. The zero-order chi connectivity index (χ0) is 14.7. The fourth-order valence-corrected chi connectivity index (χ4v) is 3.48. The highest BCUT2D eigenvalue weighted by atomic mass is 79.9. The molecule has 1 heterocycles. The first-order valence-corrected chi connectivity index (χ1v) is 8.35. The van der Waals surface area contributed by atoms with E-state index in [1.165, 1.54) is 5.56 Å². The van der Waals surface area contributed by atoms with Crippen LogP contribution in [0.3, 0.4) is 0 Å². The Labute approximate surface area is 136 Å². The highest BCUT2D eigenvalue weighted by Gasteiger charge is 2.12. The molecule has 2 aromatic carbocycles. The second kappa shape index (κ2) is 6.52. The Bertz CT molecular complexity index is 720. The molecule has 106 valence electrons. The van der Waals surface area contributed by atoms with Gasteiger partial charge in [-0.05, 0) is 17.7 Å². The minimum absolute atomic E-state index is 0.530. The van der Waals surface area contributed by atoms with Crippen molar-refractivity contribution in [3.05, 3.63) is 74.5 Å². The van der Waals surface area contributed by atoms with Crippen molar-refractivity contribution < 1.29 is 0 Å². The summed E-state index contributed by atoms with van der Waals surface area (Å²) in [5.41, 5.74) is 9.30. The van der Waals surface area contributed by atoms with Gasteiger partial charge in [-0.3, -0.25) is 0 Å². The number of nitrogens with zero attached hydrogens (tertiary/aromatic N) is 1. The molecule has 0 spiro atoms. The van der Waals surface area contributed by atoms with Crippen LogP contribution in [-0.2, 0) is 13.0 Å². The van der Waals surface area contributed by atoms with Crippen LogP contribution >= 0.6 is 27.3 Å². The molecular weight excluding hydrogens is 344 g/mol. The molecule has 0 radical (unpaired) electrons. The van der Waals surface area contributed by atoms with Gasteiger partial charge in [-0.1, -0.05) is 58.4 Å². The molecule has 0 amide bonds. The molecule has 0 saturated heterocycles. The topological polar surface area (TPSA) is 38.9 Å².